The molecule has 0 fully saturated rings. The molecule has 0 saturated heterocycles. The van der Waals surface area contributed by atoms with Crippen LogP contribution in [0.4, 0.5) is 18.9 Å². The average molecular weight is 256 g/mol. The number of fused-ring (bicyclic) bond motifs is 1. The van der Waals surface area contributed by atoms with E-state index in [-0.39, 0.29) is 22.2 Å². The number of pyridine rings is 1. The highest BCUT2D eigenvalue weighted by molar-refractivity contribution is 6.03. The van der Waals surface area contributed by atoms with Gasteiger partial charge in [0.15, 0.2) is 0 Å². The number of halogens is 3. The summed E-state index contributed by atoms with van der Waals surface area (Å²) in [6.07, 6.45) is -3.74. The highest BCUT2D eigenvalue weighted by atomic mass is 19.4. The maximum Gasteiger partial charge on any atom is 0.418 e. The zero-order chi connectivity index (χ0) is 13.5. The van der Waals surface area contributed by atoms with E-state index >= 15 is 0 Å². The van der Waals surface area contributed by atoms with Crippen LogP contribution in [-0.2, 0) is 6.18 Å². The fourth-order valence-corrected chi connectivity index (χ4v) is 1.64. The number of carboxylic acids is 1. The summed E-state index contributed by atoms with van der Waals surface area (Å²) in [5, 5.41) is 8.79. The smallest absolute Gasteiger partial charge is 0.418 e. The van der Waals surface area contributed by atoms with Crippen LogP contribution in [0.1, 0.15) is 15.9 Å². The number of rotatable bonds is 1. The summed E-state index contributed by atoms with van der Waals surface area (Å²) in [4.78, 5) is 14.4. The van der Waals surface area contributed by atoms with Crippen molar-refractivity contribution in [2.24, 2.45) is 0 Å². The minimum absolute atomic E-state index is 0.0234. The molecule has 0 radical (unpaired) electrons. The first-order valence-corrected chi connectivity index (χ1v) is 4.80. The van der Waals surface area contributed by atoms with Crippen molar-refractivity contribution in [2.45, 2.75) is 6.18 Å². The first-order valence-electron chi connectivity index (χ1n) is 4.80. The molecule has 0 bridgehead atoms. The van der Waals surface area contributed by atoms with Gasteiger partial charge in [0, 0.05) is 11.6 Å². The number of aromatic carboxylic acids is 1. The lowest BCUT2D eigenvalue weighted by atomic mass is 10.1. The third kappa shape index (κ3) is 1.83. The molecular weight excluding hydrogens is 249 g/mol. The van der Waals surface area contributed by atoms with Crippen LogP contribution in [0.25, 0.3) is 10.9 Å². The van der Waals surface area contributed by atoms with Gasteiger partial charge in [-0.1, -0.05) is 12.1 Å². The molecule has 0 atom stereocenters. The molecule has 0 aliphatic rings. The Morgan fingerprint density at radius 1 is 1.33 bits per heavy atom. The van der Waals surface area contributed by atoms with Crippen LogP contribution in [0.5, 0.6) is 0 Å². The normalized spacial score (nSPS) is 11.7. The van der Waals surface area contributed by atoms with Crippen LogP contribution in [0, 0.1) is 0 Å². The molecule has 3 N–H and O–H groups in total. The van der Waals surface area contributed by atoms with Crippen molar-refractivity contribution >= 4 is 22.6 Å². The van der Waals surface area contributed by atoms with Crippen LogP contribution in [0.3, 0.4) is 0 Å². The zero-order valence-electron chi connectivity index (χ0n) is 8.82. The van der Waals surface area contributed by atoms with E-state index in [1.165, 1.54) is 6.07 Å². The molecule has 18 heavy (non-hydrogen) atoms. The number of hydrogen-bond acceptors (Lipinski definition) is 3. The zero-order valence-corrected chi connectivity index (χ0v) is 8.82. The summed E-state index contributed by atoms with van der Waals surface area (Å²) in [5.74, 6) is -1.33. The fourth-order valence-electron chi connectivity index (χ4n) is 1.64. The van der Waals surface area contributed by atoms with E-state index in [4.69, 9.17) is 10.8 Å². The number of carboxylic acid groups (broad SMARTS) is 1. The second-order valence-corrected chi connectivity index (χ2v) is 3.59. The Bertz CT molecular complexity index is 638. The molecule has 1 aromatic carbocycles. The molecule has 2 aromatic rings. The number of benzene rings is 1. The monoisotopic (exact) mass is 256 g/mol. The second kappa shape index (κ2) is 3.86. The Morgan fingerprint density at radius 3 is 2.56 bits per heavy atom. The molecule has 0 spiro atoms. The molecule has 4 nitrogen and oxygen atoms in total. The number of nitrogens with zero attached hydrogens (tertiary/aromatic N) is 1. The lowest BCUT2D eigenvalue weighted by Crippen LogP contribution is -2.09. The van der Waals surface area contributed by atoms with E-state index in [9.17, 15) is 18.0 Å². The van der Waals surface area contributed by atoms with Gasteiger partial charge in [0.1, 0.15) is 5.56 Å². The molecule has 1 heterocycles. The molecule has 94 valence electrons. The highest BCUT2D eigenvalue weighted by Gasteiger charge is 2.33. The summed E-state index contributed by atoms with van der Waals surface area (Å²) in [6.45, 7) is 0. The predicted octanol–water partition coefficient (Wildman–Crippen LogP) is 2.53. The van der Waals surface area contributed by atoms with Gasteiger partial charge in [-0.3, -0.25) is 4.98 Å². The van der Waals surface area contributed by atoms with Gasteiger partial charge >= 0.3 is 12.1 Å². The maximum atomic E-state index is 12.7. The lowest BCUT2D eigenvalue weighted by Gasteiger charge is -2.11. The number of hydrogen-bond donors (Lipinski definition) is 2. The first kappa shape index (κ1) is 12.2. The molecule has 0 aliphatic heterocycles. The standard InChI is InChI=1S/C11H7F3N2O2/c12-11(13,14)7-3-1-2-5-8(15)6(10(17)18)4-16-9(5)7/h1-4H,(H2,15,16)(H,17,18). The van der Waals surface area contributed by atoms with Crippen LogP contribution >= 0.6 is 0 Å². The van der Waals surface area contributed by atoms with Crippen LogP contribution in [-0.4, -0.2) is 16.1 Å². The Kier molecular flexibility index (Phi) is 2.61. The van der Waals surface area contributed by atoms with E-state index in [0.717, 1.165) is 18.3 Å². The molecular formula is C11H7F3N2O2. The Balaban J connectivity index is 2.83. The quantitative estimate of drug-likeness (QED) is 0.822. The highest BCUT2D eigenvalue weighted by Crippen LogP contribution is 2.35. The van der Waals surface area contributed by atoms with Crippen molar-refractivity contribution in [2.75, 3.05) is 5.73 Å². The molecule has 1 aromatic heterocycles. The lowest BCUT2D eigenvalue weighted by molar-refractivity contribution is -0.136. The second-order valence-electron chi connectivity index (χ2n) is 3.59. The van der Waals surface area contributed by atoms with Gasteiger partial charge in [-0.2, -0.15) is 13.2 Å². The third-order valence-corrected chi connectivity index (χ3v) is 2.47. The molecule has 0 saturated carbocycles. The molecule has 7 heteroatoms. The average Bonchev–Trinajstić information content (AvgIpc) is 2.27. The van der Waals surface area contributed by atoms with Gasteiger partial charge in [0.2, 0.25) is 0 Å². The van der Waals surface area contributed by atoms with E-state index < -0.39 is 17.7 Å². The van der Waals surface area contributed by atoms with E-state index in [0.29, 0.717) is 0 Å². The van der Waals surface area contributed by atoms with Gasteiger partial charge in [0.05, 0.1) is 16.8 Å². The summed E-state index contributed by atoms with van der Waals surface area (Å²) in [7, 11) is 0. The van der Waals surface area contributed by atoms with Crippen LogP contribution < -0.4 is 5.73 Å². The minimum atomic E-state index is -4.57. The van der Waals surface area contributed by atoms with E-state index in [1.807, 2.05) is 0 Å². The Morgan fingerprint density at radius 2 is 2.00 bits per heavy atom. The van der Waals surface area contributed by atoms with Gasteiger partial charge in [-0.25, -0.2) is 4.79 Å². The number of carbonyl (C=O) groups is 1. The number of nitrogen functional groups attached to an aromatic ring is 1. The fraction of sp³-hybridized carbons (Fsp3) is 0.0909. The first-order chi connectivity index (χ1) is 8.32. The topological polar surface area (TPSA) is 76.2 Å². The molecule has 2 rings (SSSR count). The van der Waals surface area contributed by atoms with Crippen molar-refractivity contribution in [3.8, 4) is 0 Å². The summed E-state index contributed by atoms with van der Waals surface area (Å²) < 4.78 is 38.1. The Labute approximate surface area is 98.9 Å². The van der Waals surface area contributed by atoms with Crippen molar-refractivity contribution in [1.29, 1.82) is 0 Å². The number of para-hydroxylation sites is 1. The SMILES string of the molecule is Nc1c(C(=O)O)cnc2c(C(F)(F)F)cccc12. The number of aromatic nitrogens is 1. The van der Waals surface area contributed by atoms with Crippen LogP contribution in [0.2, 0.25) is 0 Å². The van der Waals surface area contributed by atoms with Gasteiger partial charge < -0.3 is 10.8 Å². The van der Waals surface area contributed by atoms with Crippen molar-refractivity contribution in [1.82, 2.24) is 4.98 Å². The maximum absolute atomic E-state index is 12.7. The largest absolute Gasteiger partial charge is 0.478 e. The summed E-state index contributed by atoms with van der Waals surface area (Å²) in [5.41, 5.74) is 3.71. The Hall–Kier alpha value is -2.31. The van der Waals surface area contributed by atoms with Crippen molar-refractivity contribution < 1.29 is 23.1 Å². The van der Waals surface area contributed by atoms with Crippen LogP contribution in [0.15, 0.2) is 24.4 Å². The number of anilines is 1. The molecule has 0 amide bonds. The summed E-state index contributed by atoms with van der Waals surface area (Å²) >= 11 is 0. The van der Waals surface area contributed by atoms with Gasteiger partial charge in [-0.05, 0) is 6.07 Å². The van der Waals surface area contributed by atoms with Crippen molar-refractivity contribution in [3.05, 3.63) is 35.5 Å². The third-order valence-electron chi connectivity index (χ3n) is 2.47. The van der Waals surface area contributed by atoms with Gasteiger partial charge in [0.25, 0.3) is 0 Å². The van der Waals surface area contributed by atoms with Crippen molar-refractivity contribution in [3.63, 3.8) is 0 Å². The number of nitrogens with two attached hydrogens (primary N) is 1. The van der Waals surface area contributed by atoms with E-state index in [1.54, 1.807) is 0 Å². The predicted molar refractivity (Wildman–Crippen MR) is 58.1 cm³/mol. The summed E-state index contributed by atoms with van der Waals surface area (Å²) in [6, 6.07) is 3.34. The number of alkyl halides is 3. The molecule has 0 aliphatic carbocycles. The molecule has 0 unspecified atom stereocenters. The van der Waals surface area contributed by atoms with Gasteiger partial charge in [-0.15, -0.1) is 0 Å². The minimum Gasteiger partial charge on any atom is -0.478 e. The van der Waals surface area contributed by atoms with E-state index in [2.05, 4.69) is 4.98 Å².